The number of hydrogen-bond donors (Lipinski definition) is 0. The molecule has 253 valence electrons. The van der Waals surface area contributed by atoms with Crippen LogP contribution in [0.5, 0.6) is 0 Å². The first-order valence-electron chi connectivity index (χ1n) is 12.9. The molecule has 0 saturated carbocycles. The molecule has 0 spiro atoms. The Kier molecular flexibility index (Phi) is 89.2. The second-order valence-corrected chi connectivity index (χ2v) is 10.4. The quantitative estimate of drug-likeness (QED) is 0.154. The molecule has 0 bridgehead atoms. The summed E-state index contributed by atoms with van der Waals surface area (Å²) in [6.45, 7) is 10.7. The summed E-state index contributed by atoms with van der Waals surface area (Å²) in [6.07, 6.45) is 5.66. The van der Waals surface area contributed by atoms with Crippen LogP contribution in [0.4, 0.5) is 0 Å². The normalized spacial score (nSPS) is 7.26. The zero-order valence-corrected chi connectivity index (χ0v) is 47.4. The summed E-state index contributed by atoms with van der Waals surface area (Å²) in [7, 11) is 0. The molecule has 3 aromatic heterocycles. The van der Waals surface area contributed by atoms with Gasteiger partial charge in [-0.2, -0.15) is 94.9 Å². The predicted octanol–water partition coefficient (Wildman–Crippen LogP) is 12.7. The Bertz CT molecular complexity index is 966. The first-order chi connectivity index (χ1) is 18.2. The van der Waals surface area contributed by atoms with Gasteiger partial charge in [-0.05, 0) is 0 Å². The first-order valence-corrected chi connectivity index (χ1v) is 15.5. The van der Waals surface area contributed by atoms with E-state index in [1.165, 1.54) is 26.4 Å². The van der Waals surface area contributed by atoms with Gasteiger partial charge in [0.05, 0.1) is 0 Å². The van der Waals surface area contributed by atoms with Crippen LogP contribution in [0, 0.1) is 66.1 Å². The van der Waals surface area contributed by atoms with Gasteiger partial charge >= 0.3 is 0 Å². The molecular weight excluding hydrogens is 1010 g/mol. The van der Waals surface area contributed by atoms with Crippen molar-refractivity contribution in [1.29, 1.82) is 0 Å². The minimum absolute atomic E-state index is 0. The van der Waals surface area contributed by atoms with Crippen molar-refractivity contribution < 1.29 is 164 Å². The molecule has 3 heterocycles. The molecule has 0 fully saturated rings. The predicted molar refractivity (Wildman–Crippen MR) is 199 cm³/mol. The van der Waals surface area contributed by atoms with E-state index in [1.54, 1.807) is 34.0 Å². The Hall–Kier alpha value is 3.06. The molecule has 0 atom stereocenters. The second kappa shape index (κ2) is 55.8. The molecule has 47 heavy (non-hydrogen) atoms. The van der Waals surface area contributed by atoms with Gasteiger partial charge in [0, 0.05) is 164 Å². The van der Waals surface area contributed by atoms with Gasteiger partial charge in [0.25, 0.3) is 0 Å². The Morgan fingerprint density at radius 1 is 0.489 bits per heavy atom. The third-order valence-electron chi connectivity index (χ3n) is 5.05. The number of hydrogen-bond acceptors (Lipinski definition) is 3. The van der Waals surface area contributed by atoms with Crippen LogP contribution in [-0.2, 0) is 196 Å². The summed E-state index contributed by atoms with van der Waals surface area (Å²) in [5.41, 5.74) is 4.13. The molecule has 2 aromatic carbocycles. The summed E-state index contributed by atoms with van der Waals surface area (Å²) in [6, 6.07) is 33.2. The SMILES string of the molecule is CCc1c[c-]ccc1.CCc1c[c-]cs1.CCc1c[c-]sc1.CCc1cc[c-]cc1.CCc1cc[c-]s1.[CH3-].[CH3-].[CH3-].[CH3-].[CH3-].[Y].[Y].[Y].[Y].[Y]. The summed E-state index contributed by atoms with van der Waals surface area (Å²) in [4.78, 5) is 2.83. The van der Waals surface area contributed by atoms with E-state index in [9.17, 15) is 0 Å². The van der Waals surface area contributed by atoms with Crippen LogP contribution in [0.2, 0.25) is 0 Å². The smallest absolute Gasteiger partial charge is 0 e. The van der Waals surface area contributed by atoms with Gasteiger partial charge < -0.3 is 59.8 Å². The van der Waals surface area contributed by atoms with Gasteiger partial charge in [0.2, 0.25) is 0 Å². The van der Waals surface area contributed by atoms with Crippen LogP contribution in [0.15, 0.2) is 83.6 Å². The van der Waals surface area contributed by atoms with E-state index in [2.05, 4.69) is 93.2 Å². The Labute approximate surface area is 432 Å². The fourth-order valence-electron chi connectivity index (χ4n) is 2.66. The van der Waals surface area contributed by atoms with Crippen LogP contribution in [0.1, 0.15) is 61.1 Å². The molecule has 0 saturated heterocycles. The minimum atomic E-state index is 0. The monoisotopic (exact) mass is 1060 g/mol. The summed E-state index contributed by atoms with van der Waals surface area (Å²) in [5.74, 6) is 0. The molecule has 5 radical (unpaired) electrons. The van der Waals surface area contributed by atoms with Crippen molar-refractivity contribution in [2.24, 2.45) is 0 Å². The van der Waals surface area contributed by atoms with Crippen molar-refractivity contribution in [2.45, 2.75) is 66.7 Å². The third kappa shape index (κ3) is 43.4. The summed E-state index contributed by atoms with van der Waals surface area (Å²) < 4.78 is 0. The van der Waals surface area contributed by atoms with Crippen LogP contribution < -0.4 is 0 Å². The van der Waals surface area contributed by atoms with E-state index in [0.717, 1.165) is 32.1 Å². The van der Waals surface area contributed by atoms with E-state index >= 15 is 0 Å². The zero-order chi connectivity index (χ0) is 27.0. The third-order valence-corrected chi connectivity index (χ3v) is 7.63. The van der Waals surface area contributed by atoms with Gasteiger partial charge in [-0.15, -0.1) is 25.9 Å². The Morgan fingerprint density at radius 3 is 1.32 bits per heavy atom. The van der Waals surface area contributed by atoms with Gasteiger partial charge in [-0.25, -0.2) is 18.2 Å². The van der Waals surface area contributed by atoms with Gasteiger partial charge in [0.15, 0.2) is 0 Å². The molecule has 0 aliphatic heterocycles. The standard InChI is InChI=1S/2C8H9.3C6H7S.5CH3.5Y/c2*1-2-8-6-4-3-5-7-8;1-2-6-3-4-7-5-6;2*1-2-6-4-3-5-7-6;;;;;;;;;;/h4-7H,2H2,1H3;3-4,6-7H,2H2,1H3;3,5H,2H2,1H3;4-5H,2H2,1H3;3-4H,2H2,1H3;5*1H3;;;;;/q10*-1;;;;;. The molecule has 0 amide bonds. The molecule has 0 aliphatic carbocycles. The average Bonchev–Trinajstić information content (AvgIpc) is 3.79. The minimum Gasteiger partial charge on any atom is -0.358 e. The van der Waals surface area contributed by atoms with Crippen molar-refractivity contribution in [2.75, 3.05) is 0 Å². The number of aryl methyl sites for hydroxylation is 5. The molecular formula is C39H54S3Y5-10. The maximum atomic E-state index is 3.02. The second-order valence-electron chi connectivity index (χ2n) is 7.69. The van der Waals surface area contributed by atoms with E-state index in [1.807, 2.05) is 53.9 Å². The van der Waals surface area contributed by atoms with E-state index < -0.39 is 0 Å². The van der Waals surface area contributed by atoms with Crippen LogP contribution in [0.25, 0.3) is 0 Å². The topological polar surface area (TPSA) is 0 Å². The van der Waals surface area contributed by atoms with Gasteiger partial charge in [0.1, 0.15) is 0 Å². The van der Waals surface area contributed by atoms with Crippen LogP contribution in [-0.4, -0.2) is 0 Å². The van der Waals surface area contributed by atoms with Crippen molar-refractivity contribution in [1.82, 2.24) is 0 Å². The summed E-state index contributed by atoms with van der Waals surface area (Å²) in [5, 5.41) is 10.2. The maximum absolute atomic E-state index is 3.02. The average molecular weight is 1060 g/mol. The molecule has 0 unspecified atom stereocenters. The first kappa shape index (κ1) is 75.1. The Morgan fingerprint density at radius 2 is 1.06 bits per heavy atom. The number of thiophene rings is 3. The van der Waals surface area contributed by atoms with E-state index in [0.29, 0.717) is 0 Å². The van der Waals surface area contributed by atoms with Gasteiger partial charge in [-0.1, -0.05) is 66.7 Å². The largest absolute Gasteiger partial charge is 0.358 e. The molecule has 0 nitrogen and oxygen atoms in total. The fraction of sp³-hybridized carbons (Fsp3) is 0.256. The van der Waals surface area contributed by atoms with Crippen LogP contribution >= 0.6 is 34.0 Å². The zero-order valence-electron chi connectivity index (χ0n) is 30.7. The van der Waals surface area contributed by atoms with Crippen LogP contribution in [0.3, 0.4) is 0 Å². The van der Waals surface area contributed by atoms with Crippen molar-refractivity contribution >= 4 is 34.0 Å². The molecule has 5 rings (SSSR count). The van der Waals surface area contributed by atoms with E-state index in [-0.39, 0.29) is 201 Å². The maximum Gasteiger partial charge on any atom is 0 e. The van der Waals surface area contributed by atoms with Crippen molar-refractivity contribution in [3.8, 4) is 0 Å². The molecule has 0 N–H and O–H groups in total. The van der Waals surface area contributed by atoms with E-state index in [4.69, 9.17) is 0 Å². The van der Waals surface area contributed by atoms with Crippen molar-refractivity contribution in [3.63, 3.8) is 0 Å². The molecule has 8 heteroatoms. The van der Waals surface area contributed by atoms with Crippen molar-refractivity contribution in [3.05, 3.63) is 176 Å². The van der Waals surface area contributed by atoms with Gasteiger partial charge in [-0.3, -0.25) is 11.3 Å². The molecule has 0 aliphatic rings. The molecule has 5 aromatic rings. The fourth-order valence-corrected chi connectivity index (χ4v) is 4.49. The summed E-state index contributed by atoms with van der Waals surface area (Å²) >= 11 is 5.10. The Balaban J connectivity index is -0.0000000433. The number of benzene rings is 2. The number of rotatable bonds is 5.